The second-order valence-electron chi connectivity index (χ2n) is 4.92. The molecular formula is C17H13ClN2OS. The van der Waals surface area contributed by atoms with Crippen molar-refractivity contribution in [2.45, 2.75) is 6.92 Å². The molecule has 0 atom stereocenters. The zero-order chi connectivity index (χ0) is 15.7. The minimum absolute atomic E-state index is 0.129. The lowest BCUT2D eigenvalue weighted by atomic mass is 10.1. The number of aromatic nitrogens is 2. The molecule has 0 aliphatic carbocycles. The second kappa shape index (κ2) is 5.91. The van der Waals surface area contributed by atoms with E-state index in [2.05, 4.69) is 0 Å². The highest BCUT2D eigenvalue weighted by Crippen LogP contribution is 2.16. The lowest BCUT2D eigenvalue weighted by Crippen LogP contribution is -2.13. The fourth-order valence-electron chi connectivity index (χ4n) is 2.27. The Morgan fingerprint density at radius 1 is 1.05 bits per heavy atom. The van der Waals surface area contributed by atoms with Gasteiger partial charge in [0.1, 0.15) is 0 Å². The molecule has 22 heavy (non-hydrogen) atoms. The van der Waals surface area contributed by atoms with E-state index in [-0.39, 0.29) is 5.91 Å². The van der Waals surface area contributed by atoms with Gasteiger partial charge >= 0.3 is 0 Å². The first kappa shape index (κ1) is 14.8. The summed E-state index contributed by atoms with van der Waals surface area (Å²) in [6.07, 6.45) is 3.47. The molecule has 3 rings (SSSR count). The van der Waals surface area contributed by atoms with Crippen LogP contribution in [-0.2, 0) is 0 Å². The lowest BCUT2D eigenvalue weighted by Gasteiger charge is -2.06. The second-order valence-corrected chi connectivity index (χ2v) is 5.72. The molecule has 2 aromatic carbocycles. The van der Waals surface area contributed by atoms with Gasteiger partial charge in [-0.1, -0.05) is 29.8 Å². The smallest absolute Gasteiger partial charge is 0.264 e. The van der Waals surface area contributed by atoms with E-state index in [1.54, 1.807) is 35.2 Å². The number of aryl methyl sites for hydroxylation is 1. The molecule has 0 bridgehead atoms. The van der Waals surface area contributed by atoms with Crippen molar-refractivity contribution in [1.29, 1.82) is 0 Å². The van der Waals surface area contributed by atoms with E-state index >= 15 is 0 Å². The van der Waals surface area contributed by atoms with E-state index in [1.165, 1.54) is 4.57 Å². The molecule has 110 valence electrons. The Labute approximate surface area is 138 Å². The first-order valence-corrected chi connectivity index (χ1v) is 7.53. The maximum atomic E-state index is 12.6. The van der Waals surface area contributed by atoms with Gasteiger partial charge in [-0.2, -0.15) is 0 Å². The normalized spacial score (nSPS) is 10.6. The van der Waals surface area contributed by atoms with Crippen molar-refractivity contribution >= 4 is 29.7 Å². The molecule has 1 heterocycles. The lowest BCUT2D eigenvalue weighted by molar-refractivity contribution is 0.0957. The van der Waals surface area contributed by atoms with Gasteiger partial charge in [-0.05, 0) is 55.0 Å². The molecule has 0 spiro atoms. The van der Waals surface area contributed by atoms with Gasteiger partial charge in [-0.15, -0.1) is 0 Å². The van der Waals surface area contributed by atoms with Crippen LogP contribution >= 0.6 is 23.8 Å². The molecule has 0 aliphatic heterocycles. The monoisotopic (exact) mass is 328 g/mol. The van der Waals surface area contributed by atoms with Crippen molar-refractivity contribution in [3.8, 4) is 5.69 Å². The number of halogens is 1. The standard InChI is InChI=1S/C17H13ClN2OS/c1-12-4-2-3-5-15(12)16(21)20-11-10-19(17(20)22)14-8-6-13(18)7-9-14/h2-11H,1H3. The minimum atomic E-state index is -0.129. The van der Waals surface area contributed by atoms with Crippen LogP contribution in [0.5, 0.6) is 0 Å². The van der Waals surface area contributed by atoms with Crippen LogP contribution in [0.1, 0.15) is 15.9 Å². The third-order valence-electron chi connectivity index (χ3n) is 3.48. The summed E-state index contributed by atoms with van der Waals surface area (Å²) >= 11 is 11.3. The van der Waals surface area contributed by atoms with Gasteiger partial charge in [0, 0.05) is 28.7 Å². The summed E-state index contributed by atoms with van der Waals surface area (Å²) in [6, 6.07) is 14.8. The fourth-order valence-corrected chi connectivity index (χ4v) is 2.71. The largest absolute Gasteiger partial charge is 0.292 e. The van der Waals surface area contributed by atoms with Crippen molar-refractivity contribution in [3.63, 3.8) is 0 Å². The Hall–Kier alpha value is -2.17. The Balaban J connectivity index is 2.04. The number of hydrogen-bond acceptors (Lipinski definition) is 2. The van der Waals surface area contributed by atoms with Crippen LogP contribution in [0, 0.1) is 11.7 Å². The Morgan fingerprint density at radius 2 is 1.73 bits per heavy atom. The zero-order valence-corrected chi connectivity index (χ0v) is 13.4. The fraction of sp³-hybridized carbons (Fsp3) is 0.0588. The van der Waals surface area contributed by atoms with E-state index in [0.29, 0.717) is 15.4 Å². The molecule has 0 fully saturated rings. The molecule has 0 aliphatic rings. The number of carbonyl (C=O) groups excluding carboxylic acids is 1. The third-order valence-corrected chi connectivity index (χ3v) is 4.12. The predicted octanol–water partition coefficient (Wildman–Crippen LogP) is 4.66. The third kappa shape index (κ3) is 2.63. The number of carbonyl (C=O) groups is 1. The predicted molar refractivity (Wildman–Crippen MR) is 90.5 cm³/mol. The van der Waals surface area contributed by atoms with Gasteiger partial charge in [0.2, 0.25) is 0 Å². The Bertz CT molecular complexity index is 894. The highest BCUT2D eigenvalue weighted by Gasteiger charge is 2.13. The van der Waals surface area contributed by atoms with Crippen molar-refractivity contribution in [2.75, 3.05) is 0 Å². The highest BCUT2D eigenvalue weighted by atomic mass is 35.5. The number of rotatable bonds is 2. The average molecular weight is 329 g/mol. The van der Waals surface area contributed by atoms with Crippen LogP contribution in [-0.4, -0.2) is 15.0 Å². The molecule has 0 unspecified atom stereocenters. The Morgan fingerprint density at radius 3 is 2.41 bits per heavy atom. The number of nitrogens with zero attached hydrogens (tertiary/aromatic N) is 2. The van der Waals surface area contributed by atoms with Gasteiger partial charge in [0.25, 0.3) is 5.91 Å². The van der Waals surface area contributed by atoms with Crippen molar-refractivity contribution in [3.05, 3.63) is 81.8 Å². The number of imidazole rings is 1. The molecule has 0 radical (unpaired) electrons. The van der Waals surface area contributed by atoms with Crippen LogP contribution in [0.3, 0.4) is 0 Å². The van der Waals surface area contributed by atoms with E-state index < -0.39 is 0 Å². The van der Waals surface area contributed by atoms with E-state index in [9.17, 15) is 4.79 Å². The van der Waals surface area contributed by atoms with Gasteiger partial charge in [-0.25, -0.2) is 0 Å². The molecule has 0 amide bonds. The summed E-state index contributed by atoms with van der Waals surface area (Å²) in [4.78, 5) is 12.6. The quantitative estimate of drug-likeness (QED) is 0.640. The van der Waals surface area contributed by atoms with Crippen molar-refractivity contribution < 1.29 is 4.79 Å². The van der Waals surface area contributed by atoms with Crippen LogP contribution in [0.15, 0.2) is 60.9 Å². The van der Waals surface area contributed by atoms with Crippen LogP contribution in [0.4, 0.5) is 0 Å². The number of benzene rings is 2. The molecule has 5 heteroatoms. The van der Waals surface area contributed by atoms with Gasteiger partial charge in [-0.3, -0.25) is 13.9 Å². The maximum Gasteiger partial charge on any atom is 0.264 e. The molecule has 3 aromatic rings. The van der Waals surface area contributed by atoms with E-state index in [4.69, 9.17) is 23.8 Å². The highest BCUT2D eigenvalue weighted by molar-refractivity contribution is 7.71. The molecular weight excluding hydrogens is 316 g/mol. The van der Waals surface area contributed by atoms with E-state index in [0.717, 1.165) is 11.3 Å². The first-order valence-electron chi connectivity index (χ1n) is 6.74. The summed E-state index contributed by atoms with van der Waals surface area (Å²) in [6.45, 7) is 1.91. The maximum absolute atomic E-state index is 12.6. The van der Waals surface area contributed by atoms with Gasteiger partial charge < -0.3 is 0 Å². The van der Waals surface area contributed by atoms with Gasteiger partial charge in [0.05, 0.1) is 0 Å². The molecule has 1 aromatic heterocycles. The SMILES string of the molecule is Cc1ccccc1C(=O)n1ccn(-c2ccc(Cl)cc2)c1=S. The Kier molecular flexibility index (Phi) is 3.96. The van der Waals surface area contributed by atoms with Crippen molar-refractivity contribution in [2.24, 2.45) is 0 Å². The topological polar surface area (TPSA) is 26.9 Å². The van der Waals surface area contributed by atoms with Crippen molar-refractivity contribution in [1.82, 2.24) is 9.13 Å². The summed E-state index contributed by atoms with van der Waals surface area (Å²) < 4.78 is 3.68. The van der Waals surface area contributed by atoms with Crippen LogP contribution in [0.25, 0.3) is 5.69 Å². The zero-order valence-electron chi connectivity index (χ0n) is 11.9. The average Bonchev–Trinajstić information content (AvgIpc) is 2.90. The minimum Gasteiger partial charge on any atom is -0.292 e. The molecule has 0 saturated carbocycles. The summed E-state index contributed by atoms with van der Waals surface area (Å²) in [5, 5.41) is 0.658. The first-order chi connectivity index (χ1) is 10.6. The molecule has 0 saturated heterocycles. The van der Waals surface area contributed by atoms with Crippen LogP contribution < -0.4 is 0 Å². The summed E-state index contributed by atoms with van der Waals surface area (Å²) in [5.41, 5.74) is 2.44. The van der Waals surface area contributed by atoms with Crippen LogP contribution in [0.2, 0.25) is 5.02 Å². The molecule has 3 nitrogen and oxygen atoms in total. The summed E-state index contributed by atoms with van der Waals surface area (Å²) in [5.74, 6) is -0.129. The van der Waals surface area contributed by atoms with E-state index in [1.807, 2.05) is 37.3 Å². The van der Waals surface area contributed by atoms with Gasteiger partial charge in [0.15, 0.2) is 4.77 Å². The molecule has 0 N–H and O–H groups in total. The summed E-state index contributed by atoms with van der Waals surface area (Å²) in [7, 11) is 0. The number of hydrogen-bond donors (Lipinski definition) is 0.